The van der Waals surface area contributed by atoms with Crippen LogP contribution in [0.5, 0.6) is 5.75 Å². The summed E-state index contributed by atoms with van der Waals surface area (Å²) in [6.45, 7) is 0. The molecule has 0 aliphatic rings. The summed E-state index contributed by atoms with van der Waals surface area (Å²) in [4.78, 5) is 11.2. The zero-order valence-electron chi connectivity index (χ0n) is 7.31. The number of hydrogen-bond donors (Lipinski definition) is 1. The number of aromatic hydroxyl groups is 1. The zero-order valence-corrected chi connectivity index (χ0v) is 8.12. The molecule has 2 rings (SSSR count). The van der Waals surface area contributed by atoms with Gasteiger partial charge in [-0.05, 0) is 34.7 Å². The molecule has 1 heterocycles. The van der Waals surface area contributed by atoms with Crippen LogP contribution in [0, 0.1) is 0 Å². The molecule has 0 fully saturated rings. The third-order valence-electron chi connectivity index (χ3n) is 1.94. The van der Waals surface area contributed by atoms with Gasteiger partial charge in [0.2, 0.25) is 0 Å². The van der Waals surface area contributed by atoms with Gasteiger partial charge in [-0.3, -0.25) is 4.79 Å². The van der Waals surface area contributed by atoms with Crippen molar-refractivity contribution in [2.24, 2.45) is 0 Å². The van der Waals surface area contributed by atoms with Gasteiger partial charge < -0.3 is 5.11 Å². The quantitative estimate of drug-likeness (QED) is 0.763. The van der Waals surface area contributed by atoms with E-state index in [1.54, 1.807) is 12.1 Å². The molecule has 1 N–H and O–H groups in total. The number of carbonyl (C=O) groups is 1. The van der Waals surface area contributed by atoms with Gasteiger partial charge in [0.15, 0.2) is 6.29 Å². The standard InChI is InChI=1S/C11H8O2S/c12-6-11-5-9(7-14-11)8-1-3-10(13)4-2-8/h1-7,13H. The van der Waals surface area contributed by atoms with Gasteiger partial charge in [0.1, 0.15) is 5.75 Å². The SMILES string of the molecule is O=Cc1cc(-c2ccc(O)cc2)cs1. The topological polar surface area (TPSA) is 37.3 Å². The van der Waals surface area contributed by atoms with Crippen LogP contribution in [-0.4, -0.2) is 11.4 Å². The molecule has 2 nitrogen and oxygen atoms in total. The third-order valence-corrected chi connectivity index (χ3v) is 2.79. The van der Waals surface area contributed by atoms with Crippen LogP contribution in [0.15, 0.2) is 35.7 Å². The lowest BCUT2D eigenvalue weighted by atomic mass is 10.1. The zero-order chi connectivity index (χ0) is 9.97. The predicted octanol–water partition coefficient (Wildman–Crippen LogP) is 2.93. The first-order chi connectivity index (χ1) is 6.79. The van der Waals surface area contributed by atoms with Crippen LogP contribution in [-0.2, 0) is 0 Å². The molecule has 0 saturated heterocycles. The molecule has 0 amide bonds. The first-order valence-electron chi connectivity index (χ1n) is 4.13. The van der Waals surface area contributed by atoms with E-state index in [0.717, 1.165) is 17.4 Å². The minimum atomic E-state index is 0.250. The molecule has 0 spiro atoms. The molecule has 0 aliphatic carbocycles. The summed E-state index contributed by atoms with van der Waals surface area (Å²) in [6, 6.07) is 8.75. The summed E-state index contributed by atoms with van der Waals surface area (Å²) in [7, 11) is 0. The largest absolute Gasteiger partial charge is 0.508 e. The molecule has 1 aromatic heterocycles. The Morgan fingerprint density at radius 3 is 2.43 bits per heavy atom. The number of carbonyl (C=O) groups excluding carboxylic acids is 1. The van der Waals surface area contributed by atoms with Gasteiger partial charge in [-0.15, -0.1) is 11.3 Å². The Morgan fingerprint density at radius 2 is 1.86 bits per heavy atom. The summed E-state index contributed by atoms with van der Waals surface area (Å²) in [5, 5.41) is 11.0. The van der Waals surface area contributed by atoms with Crippen molar-refractivity contribution in [3.8, 4) is 16.9 Å². The predicted molar refractivity (Wildman–Crippen MR) is 56.8 cm³/mol. The molecule has 3 heteroatoms. The molecule has 14 heavy (non-hydrogen) atoms. The van der Waals surface area contributed by atoms with Crippen LogP contribution in [0.4, 0.5) is 0 Å². The molecule has 0 radical (unpaired) electrons. The van der Waals surface area contributed by atoms with Crippen molar-refractivity contribution >= 4 is 17.6 Å². The van der Waals surface area contributed by atoms with E-state index < -0.39 is 0 Å². The highest BCUT2D eigenvalue weighted by Crippen LogP contribution is 2.25. The molecule has 0 bridgehead atoms. The minimum absolute atomic E-state index is 0.250. The molecule has 0 saturated carbocycles. The van der Waals surface area contributed by atoms with Crippen LogP contribution in [0.1, 0.15) is 9.67 Å². The van der Waals surface area contributed by atoms with Gasteiger partial charge in [-0.25, -0.2) is 0 Å². The number of phenols is 1. The fourth-order valence-electron chi connectivity index (χ4n) is 1.22. The number of aldehydes is 1. The second-order valence-corrected chi connectivity index (χ2v) is 3.85. The monoisotopic (exact) mass is 204 g/mol. The molecule has 0 aliphatic heterocycles. The number of phenolic OH excluding ortho intramolecular Hbond substituents is 1. The lowest BCUT2D eigenvalue weighted by Gasteiger charge is -1.96. The Kier molecular flexibility index (Phi) is 2.33. The lowest BCUT2D eigenvalue weighted by Crippen LogP contribution is -1.72. The third kappa shape index (κ3) is 1.67. The molecule has 0 atom stereocenters. The van der Waals surface area contributed by atoms with Crippen LogP contribution in [0.25, 0.3) is 11.1 Å². The van der Waals surface area contributed by atoms with E-state index in [0.29, 0.717) is 4.88 Å². The average Bonchev–Trinajstić information content (AvgIpc) is 2.67. The van der Waals surface area contributed by atoms with Crippen molar-refractivity contribution in [2.75, 3.05) is 0 Å². The highest BCUT2D eigenvalue weighted by atomic mass is 32.1. The molecule has 2 aromatic rings. The Balaban J connectivity index is 2.39. The van der Waals surface area contributed by atoms with Gasteiger partial charge in [-0.2, -0.15) is 0 Å². The normalized spacial score (nSPS) is 10.0. The van der Waals surface area contributed by atoms with Gasteiger partial charge in [-0.1, -0.05) is 12.1 Å². The average molecular weight is 204 g/mol. The first-order valence-corrected chi connectivity index (χ1v) is 5.00. The minimum Gasteiger partial charge on any atom is -0.508 e. The smallest absolute Gasteiger partial charge is 0.160 e. The van der Waals surface area contributed by atoms with Crippen molar-refractivity contribution in [1.29, 1.82) is 0 Å². The van der Waals surface area contributed by atoms with Crippen molar-refractivity contribution in [2.45, 2.75) is 0 Å². The van der Waals surface area contributed by atoms with Crippen LogP contribution >= 0.6 is 11.3 Å². The van der Waals surface area contributed by atoms with E-state index in [9.17, 15) is 4.79 Å². The van der Waals surface area contributed by atoms with E-state index >= 15 is 0 Å². The summed E-state index contributed by atoms with van der Waals surface area (Å²) in [5.41, 5.74) is 2.02. The first kappa shape index (κ1) is 8.97. The molecule has 0 unspecified atom stereocenters. The van der Waals surface area contributed by atoms with Crippen molar-refractivity contribution < 1.29 is 9.90 Å². The number of thiophene rings is 1. The highest BCUT2D eigenvalue weighted by Gasteiger charge is 2.01. The fraction of sp³-hybridized carbons (Fsp3) is 0. The summed E-state index contributed by atoms with van der Waals surface area (Å²) in [5.74, 6) is 0.250. The second kappa shape index (κ2) is 3.64. The van der Waals surface area contributed by atoms with E-state index in [1.807, 2.05) is 23.6 Å². The molecule has 1 aromatic carbocycles. The van der Waals surface area contributed by atoms with Crippen LogP contribution in [0.3, 0.4) is 0 Å². The molecule has 70 valence electrons. The maximum absolute atomic E-state index is 10.5. The highest BCUT2D eigenvalue weighted by molar-refractivity contribution is 7.12. The Morgan fingerprint density at radius 1 is 1.14 bits per heavy atom. The van der Waals surface area contributed by atoms with E-state index in [4.69, 9.17) is 5.11 Å². The van der Waals surface area contributed by atoms with Gasteiger partial charge in [0, 0.05) is 0 Å². The van der Waals surface area contributed by atoms with Crippen molar-refractivity contribution in [3.63, 3.8) is 0 Å². The van der Waals surface area contributed by atoms with E-state index in [2.05, 4.69) is 0 Å². The number of benzene rings is 1. The molecular weight excluding hydrogens is 196 g/mol. The number of rotatable bonds is 2. The Labute approximate surface area is 85.4 Å². The van der Waals surface area contributed by atoms with Gasteiger partial charge >= 0.3 is 0 Å². The summed E-state index contributed by atoms with van der Waals surface area (Å²) in [6.07, 6.45) is 0.842. The van der Waals surface area contributed by atoms with Gasteiger partial charge in [0.05, 0.1) is 4.88 Å². The summed E-state index contributed by atoms with van der Waals surface area (Å²) >= 11 is 1.42. The maximum Gasteiger partial charge on any atom is 0.160 e. The summed E-state index contributed by atoms with van der Waals surface area (Å²) < 4.78 is 0. The van der Waals surface area contributed by atoms with Gasteiger partial charge in [0.25, 0.3) is 0 Å². The van der Waals surface area contributed by atoms with E-state index in [1.165, 1.54) is 11.3 Å². The lowest BCUT2D eigenvalue weighted by molar-refractivity contribution is 0.112. The van der Waals surface area contributed by atoms with E-state index in [-0.39, 0.29) is 5.75 Å². The van der Waals surface area contributed by atoms with Crippen LogP contribution in [0.2, 0.25) is 0 Å². The van der Waals surface area contributed by atoms with Crippen LogP contribution < -0.4 is 0 Å². The van der Waals surface area contributed by atoms with Crippen molar-refractivity contribution in [3.05, 3.63) is 40.6 Å². The number of hydrogen-bond acceptors (Lipinski definition) is 3. The Bertz CT molecular complexity index is 443. The Hall–Kier alpha value is -1.61. The fourth-order valence-corrected chi connectivity index (χ4v) is 1.94. The maximum atomic E-state index is 10.5. The van der Waals surface area contributed by atoms with Crippen molar-refractivity contribution in [1.82, 2.24) is 0 Å². The second-order valence-electron chi connectivity index (χ2n) is 2.90. The molecular formula is C11H8O2S.